The lowest BCUT2D eigenvalue weighted by Gasteiger charge is -2.36. The zero-order chi connectivity index (χ0) is 16.1. The van der Waals surface area contributed by atoms with Gasteiger partial charge in [-0.1, -0.05) is 18.2 Å². The highest BCUT2D eigenvalue weighted by Crippen LogP contribution is 2.34. The maximum atomic E-state index is 12.7. The van der Waals surface area contributed by atoms with E-state index in [1.807, 2.05) is 11.0 Å². The lowest BCUT2D eigenvalue weighted by molar-refractivity contribution is -0.123. The molecule has 5 rings (SSSR count). The van der Waals surface area contributed by atoms with Crippen molar-refractivity contribution in [2.45, 2.75) is 19.4 Å². The number of aromatic nitrogens is 1. The molecule has 0 bridgehead atoms. The average molecular weight is 318 g/mol. The van der Waals surface area contributed by atoms with Gasteiger partial charge in [-0.3, -0.25) is 14.7 Å². The first kappa shape index (κ1) is 13.6. The number of aliphatic imine (C=N–C) groups is 1. The third kappa shape index (κ3) is 1.87. The molecule has 0 atom stereocenters. The molecule has 5 heteroatoms. The molecular weight excluding hydrogens is 300 g/mol. The standard InChI is InChI=1S/C19H18N4O/c24-18-12-17-16-8-5-11-21(16)15-7-2-1-6-14(15)13-23(17)19-20-9-3-4-10-22(18)19/h1-2,5-8,11-12H,3-4,9-10,13H2. The van der Waals surface area contributed by atoms with Crippen LogP contribution in [0.1, 0.15) is 24.1 Å². The van der Waals surface area contributed by atoms with E-state index in [2.05, 4.69) is 46.0 Å². The fourth-order valence-corrected chi connectivity index (χ4v) is 3.78. The summed E-state index contributed by atoms with van der Waals surface area (Å²) < 4.78 is 2.17. The first-order valence-corrected chi connectivity index (χ1v) is 8.44. The van der Waals surface area contributed by atoms with Crippen molar-refractivity contribution in [1.82, 2.24) is 14.4 Å². The van der Waals surface area contributed by atoms with E-state index in [1.165, 1.54) is 11.3 Å². The summed E-state index contributed by atoms with van der Waals surface area (Å²) in [6.07, 6.45) is 5.86. The van der Waals surface area contributed by atoms with Gasteiger partial charge in [-0.15, -0.1) is 0 Å². The average Bonchev–Trinajstić information content (AvgIpc) is 2.87. The molecule has 0 aliphatic carbocycles. The third-order valence-corrected chi connectivity index (χ3v) is 4.93. The van der Waals surface area contributed by atoms with Crippen LogP contribution in [0, 0.1) is 0 Å². The van der Waals surface area contributed by atoms with Crippen LogP contribution in [0.2, 0.25) is 0 Å². The quantitative estimate of drug-likeness (QED) is 0.749. The first-order valence-electron chi connectivity index (χ1n) is 8.44. The molecule has 3 aliphatic heterocycles. The van der Waals surface area contributed by atoms with Crippen LogP contribution in [0.4, 0.5) is 0 Å². The Bertz CT molecular complexity index is 892. The number of guanidine groups is 1. The van der Waals surface area contributed by atoms with Gasteiger partial charge >= 0.3 is 0 Å². The fourth-order valence-electron chi connectivity index (χ4n) is 3.78. The van der Waals surface area contributed by atoms with Gasteiger partial charge in [0.2, 0.25) is 5.96 Å². The molecule has 0 N–H and O–H groups in total. The molecule has 3 aliphatic rings. The van der Waals surface area contributed by atoms with Crippen molar-refractivity contribution < 1.29 is 4.79 Å². The number of amides is 1. The Hall–Kier alpha value is -2.82. The molecule has 0 radical (unpaired) electrons. The normalized spacial score (nSPS) is 19.2. The minimum Gasteiger partial charge on any atom is -0.315 e. The van der Waals surface area contributed by atoms with Crippen LogP contribution in [-0.2, 0) is 11.3 Å². The van der Waals surface area contributed by atoms with Gasteiger partial charge in [0.15, 0.2) is 0 Å². The van der Waals surface area contributed by atoms with Gasteiger partial charge in [-0.25, -0.2) is 0 Å². The van der Waals surface area contributed by atoms with Crippen LogP contribution >= 0.6 is 0 Å². The molecule has 0 fully saturated rings. The van der Waals surface area contributed by atoms with Crippen LogP contribution in [0.15, 0.2) is 53.7 Å². The van der Waals surface area contributed by atoms with Gasteiger partial charge in [0.1, 0.15) is 0 Å². The maximum Gasteiger partial charge on any atom is 0.255 e. The van der Waals surface area contributed by atoms with Crippen LogP contribution in [0.25, 0.3) is 11.4 Å². The Kier molecular flexibility index (Phi) is 2.89. The number of carbonyl (C=O) groups excluding carboxylic acids is 1. The van der Waals surface area contributed by atoms with E-state index >= 15 is 0 Å². The zero-order valence-electron chi connectivity index (χ0n) is 13.4. The lowest BCUT2D eigenvalue weighted by atomic mass is 10.1. The summed E-state index contributed by atoms with van der Waals surface area (Å²) in [5.41, 5.74) is 4.39. The van der Waals surface area contributed by atoms with Crippen molar-refractivity contribution >= 4 is 17.6 Å². The number of hydrogen-bond acceptors (Lipinski definition) is 3. The molecule has 1 aromatic carbocycles. The second-order valence-corrected chi connectivity index (χ2v) is 6.39. The van der Waals surface area contributed by atoms with Gasteiger partial charge in [-0.05, 0) is 36.6 Å². The summed E-state index contributed by atoms with van der Waals surface area (Å²) in [4.78, 5) is 21.5. The number of fused-ring (bicyclic) bond motifs is 7. The smallest absolute Gasteiger partial charge is 0.255 e. The summed E-state index contributed by atoms with van der Waals surface area (Å²) in [5.74, 6) is 0.847. The summed E-state index contributed by atoms with van der Waals surface area (Å²) in [5, 5.41) is 0. The van der Waals surface area contributed by atoms with Crippen molar-refractivity contribution in [1.29, 1.82) is 0 Å². The van der Waals surface area contributed by atoms with E-state index in [9.17, 15) is 4.79 Å². The number of para-hydroxylation sites is 1. The predicted molar refractivity (Wildman–Crippen MR) is 92.5 cm³/mol. The number of benzene rings is 1. The van der Waals surface area contributed by atoms with Gasteiger partial charge in [-0.2, -0.15) is 0 Å². The molecular formula is C19H18N4O. The third-order valence-electron chi connectivity index (χ3n) is 4.93. The largest absolute Gasteiger partial charge is 0.315 e. The first-order chi connectivity index (χ1) is 11.8. The number of carbonyl (C=O) groups is 1. The highest BCUT2D eigenvalue weighted by atomic mass is 16.2. The topological polar surface area (TPSA) is 40.8 Å². The molecule has 4 heterocycles. The summed E-state index contributed by atoms with van der Waals surface area (Å²) in [6, 6.07) is 12.5. The summed E-state index contributed by atoms with van der Waals surface area (Å²) >= 11 is 0. The Morgan fingerprint density at radius 1 is 1.00 bits per heavy atom. The van der Waals surface area contributed by atoms with E-state index in [-0.39, 0.29) is 5.91 Å². The van der Waals surface area contributed by atoms with Gasteiger partial charge in [0, 0.05) is 25.4 Å². The van der Waals surface area contributed by atoms with Crippen LogP contribution < -0.4 is 0 Å². The van der Waals surface area contributed by atoms with Gasteiger partial charge in [0.25, 0.3) is 5.91 Å². The monoisotopic (exact) mass is 318 g/mol. The van der Waals surface area contributed by atoms with Crippen LogP contribution in [-0.4, -0.2) is 39.3 Å². The molecule has 0 spiro atoms. The minimum absolute atomic E-state index is 0.0422. The van der Waals surface area contributed by atoms with Gasteiger partial charge < -0.3 is 9.47 Å². The highest BCUT2D eigenvalue weighted by molar-refractivity contribution is 6.12. The molecule has 120 valence electrons. The van der Waals surface area contributed by atoms with Crippen molar-refractivity contribution in [3.63, 3.8) is 0 Å². The lowest BCUT2D eigenvalue weighted by Crippen LogP contribution is -2.49. The second-order valence-electron chi connectivity index (χ2n) is 6.39. The second kappa shape index (κ2) is 5.09. The fraction of sp³-hybridized carbons (Fsp3) is 0.263. The Morgan fingerprint density at radius 2 is 1.92 bits per heavy atom. The zero-order valence-corrected chi connectivity index (χ0v) is 13.4. The van der Waals surface area contributed by atoms with E-state index in [0.717, 1.165) is 49.8 Å². The molecule has 1 amide bonds. The molecule has 0 saturated carbocycles. The number of hydrogen-bond donors (Lipinski definition) is 0. The predicted octanol–water partition coefficient (Wildman–Crippen LogP) is 2.63. The molecule has 5 nitrogen and oxygen atoms in total. The van der Waals surface area contributed by atoms with Crippen LogP contribution in [0.3, 0.4) is 0 Å². The SMILES string of the molecule is O=C1C=C2c3cccn3-c3ccccc3CN2C2=NCCCCN12. The van der Waals surface area contributed by atoms with Crippen molar-refractivity contribution in [3.05, 3.63) is 59.9 Å². The Labute approximate surface area is 140 Å². The van der Waals surface area contributed by atoms with E-state index < -0.39 is 0 Å². The summed E-state index contributed by atoms with van der Waals surface area (Å²) in [7, 11) is 0. The summed E-state index contributed by atoms with van der Waals surface area (Å²) in [6.45, 7) is 2.26. The van der Waals surface area contributed by atoms with E-state index in [4.69, 9.17) is 4.99 Å². The minimum atomic E-state index is 0.0422. The molecule has 0 saturated heterocycles. The molecule has 2 aromatic rings. The Morgan fingerprint density at radius 3 is 2.88 bits per heavy atom. The molecule has 1 aromatic heterocycles. The Balaban J connectivity index is 1.76. The number of nitrogens with zero attached hydrogens (tertiary/aromatic N) is 4. The van der Waals surface area contributed by atoms with E-state index in [1.54, 1.807) is 6.08 Å². The number of rotatable bonds is 0. The van der Waals surface area contributed by atoms with Crippen molar-refractivity contribution in [2.75, 3.05) is 13.1 Å². The van der Waals surface area contributed by atoms with Gasteiger partial charge in [0.05, 0.1) is 23.6 Å². The maximum absolute atomic E-state index is 12.7. The molecule has 24 heavy (non-hydrogen) atoms. The van der Waals surface area contributed by atoms with Crippen molar-refractivity contribution in [3.8, 4) is 5.69 Å². The highest BCUT2D eigenvalue weighted by Gasteiger charge is 2.35. The van der Waals surface area contributed by atoms with E-state index in [0.29, 0.717) is 0 Å². The molecule has 0 unspecified atom stereocenters. The van der Waals surface area contributed by atoms with Crippen molar-refractivity contribution in [2.24, 2.45) is 4.99 Å². The van der Waals surface area contributed by atoms with Crippen LogP contribution in [0.5, 0.6) is 0 Å².